The summed E-state index contributed by atoms with van der Waals surface area (Å²) in [7, 11) is 0. The summed E-state index contributed by atoms with van der Waals surface area (Å²) in [6.07, 6.45) is 1.85. The van der Waals surface area contributed by atoms with Crippen LogP contribution in [0.5, 0.6) is 5.75 Å². The van der Waals surface area contributed by atoms with Gasteiger partial charge in [0.1, 0.15) is 5.75 Å². The SMILES string of the molecule is Cl.O=C(c1cc(Cl)ccc1OC(F)F)N1CC[C@@H]2CNC[C@@H]2CC1. The Bertz CT molecular complexity index is 575. The lowest BCUT2D eigenvalue weighted by atomic mass is 9.92. The van der Waals surface area contributed by atoms with Gasteiger partial charge in [0.2, 0.25) is 0 Å². The standard InChI is InChI=1S/C16H19ClF2N2O2.ClH/c17-12-1-2-14(23-16(18)19)13(7-12)15(22)21-5-3-10-8-20-9-11(10)4-6-21;/h1-2,7,10-11,16,20H,3-6,8-9H2;1H/t10-,11+;. The van der Waals surface area contributed by atoms with Crippen LogP contribution >= 0.6 is 24.0 Å². The number of rotatable bonds is 3. The molecule has 2 atom stereocenters. The summed E-state index contributed by atoms with van der Waals surface area (Å²) < 4.78 is 29.5. The van der Waals surface area contributed by atoms with E-state index in [1.165, 1.54) is 18.2 Å². The second-order valence-electron chi connectivity index (χ2n) is 6.07. The van der Waals surface area contributed by atoms with Gasteiger partial charge in [0.25, 0.3) is 5.91 Å². The summed E-state index contributed by atoms with van der Waals surface area (Å²) in [6, 6.07) is 4.15. The molecular weight excluding hydrogens is 361 g/mol. The van der Waals surface area contributed by atoms with Gasteiger partial charge in [0.15, 0.2) is 0 Å². The van der Waals surface area contributed by atoms with E-state index in [0.717, 1.165) is 25.9 Å². The molecule has 134 valence electrons. The molecule has 1 N–H and O–H groups in total. The van der Waals surface area contributed by atoms with E-state index < -0.39 is 6.61 Å². The highest BCUT2D eigenvalue weighted by molar-refractivity contribution is 6.31. The smallest absolute Gasteiger partial charge is 0.387 e. The highest BCUT2D eigenvalue weighted by Crippen LogP contribution is 2.30. The molecule has 4 nitrogen and oxygen atoms in total. The van der Waals surface area contributed by atoms with Gasteiger partial charge in [0.05, 0.1) is 5.56 Å². The normalized spacial score (nSPS) is 23.4. The molecule has 8 heteroatoms. The molecule has 2 heterocycles. The second kappa shape index (κ2) is 8.32. The first-order valence-corrected chi connectivity index (χ1v) is 8.16. The molecule has 3 rings (SSSR count). The Labute approximate surface area is 150 Å². The Balaban J connectivity index is 0.00000208. The van der Waals surface area contributed by atoms with E-state index in [1.54, 1.807) is 4.90 Å². The molecule has 0 saturated carbocycles. The largest absolute Gasteiger partial charge is 0.434 e. The van der Waals surface area contributed by atoms with E-state index in [-0.39, 0.29) is 29.6 Å². The van der Waals surface area contributed by atoms with Crippen LogP contribution in [0.15, 0.2) is 18.2 Å². The van der Waals surface area contributed by atoms with Crippen molar-refractivity contribution in [3.63, 3.8) is 0 Å². The van der Waals surface area contributed by atoms with Crippen LogP contribution in [0.2, 0.25) is 5.02 Å². The van der Waals surface area contributed by atoms with Crippen LogP contribution in [0.3, 0.4) is 0 Å². The Kier molecular flexibility index (Phi) is 6.66. The van der Waals surface area contributed by atoms with Crippen molar-refractivity contribution in [3.05, 3.63) is 28.8 Å². The topological polar surface area (TPSA) is 41.6 Å². The van der Waals surface area contributed by atoms with Gasteiger partial charge in [0, 0.05) is 18.1 Å². The Morgan fingerprint density at radius 1 is 1.25 bits per heavy atom. The molecule has 0 aromatic heterocycles. The van der Waals surface area contributed by atoms with Crippen molar-refractivity contribution in [3.8, 4) is 5.75 Å². The molecule has 2 fully saturated rings. The van der Waals surface area contributed by atoms with Gasteiger partial charge in [-0.1, -0.05) is 11.6 Å². The van der Waals surface area contributed by atoms with Crippen LogP contribution in [0, 0.1) is 11.8 Å². The minimum atomic E-state index is -2.97. The van der Waals surface area contributed by atoms with Crippen LogP contribution in [0.1, 0.15) is 23.2 Å². The van der Waals surface area contributed by atoms with E-state index in [1.807, 2.05) is 0 Å². The highest BCUT2D eigenvalue weighted by atomic mass is 35.5. The van der Waals surface area contributed by atoms with E-state index in [0.29, 0.717) is 29.9 Å². The fourth-order valence-electron chi connectivity index (χ4n) is 3.46. The Morgan fingerprint density at radius 3 is 2.46 bits per heavy atom. The van der Waals surface area contributed by atoms with Gasteiger partial charge < -0.3 is 15.0 Å². The van der Waals surface area contributed by atoms with Crippen LogP contribution in [-0.4, -0.2) is 43.6 Å². The average Bonchev–Trinajstić information content (AvgIpc) is 2.87. The van der Waals surface area contributed by atoms with Gasteiger partial charge in [-0.25, -0.2) is 0 Å². The second-order valence-corrected chi connectivity index (χ2v) is 6.50. The molecule has 2 saturated heterocycles. The van der Waals surface area contributed by atoms with Crippen molar-refractivity contribution in [1.29, 1.82) is 0 Å². The van der Waals surface area contributed by atoms with E-state index in [2.05, 4.69) is 10.1 Å². The predicted molar refractivity (Wildman–Crippen MR) is 90.3 cm³/mol. The number of halogens is 4. The maximum atomic E-state index is 12.8. The molecule has 2 aliphatic rings. The number of ether oxygens (including phenoxy) is 1. The Hall–Kier alpha value is -1.11. The van der Waals surface area contributed by atoms with Crippen molar-refractivity contribution in [2.45, 2.75) is 19.5 Å². The average molecular weight is 381 g/mol. The molecule has 1 aromatic carbocycles. The maximum absolute atomic E-state index is 12.8. The number of hydrogen-bond donors (Lipinski definition) is 1. The molecular formula is C16H20Cl2F2N2O2. The summed E-state index contributed by atoms with van der Waals surface area (Å²) in [6.45, 7) is 0.259. The van der Waals surface area contributed by atoms with E-state index >= 15 is 0 Å². The minimum Gasteiger partial charge on any atom is -0.434 e. The molecule has 0 radical (unpaired) electrons. The van der Waals surface area contributed by atoms with Gasteiger partial charge in [-0.05, 0) is 56.0 Å². The van der Waals surface area contributed by atoms with Crippen LogP contribution in [0.4, 0.5) is 8.78 Å². The quantitative estimate of drug-likeness (QED) is 0.873. The third kappa shape index (κ3) is 4.29. The maximum Gasteiger partial charge on any atom is 0.387 e. The molecule has 2 aliphatic heterocycles. The zero-order valence-corrected chi connectivity index (χ0v) is 14.6. The molecule has 24 heavy (non-hydrogen) atoms. The van der Waals surface area contributed by atoms with Crippen LogP contribution < -0.4 is 10.1 Å². The number of alkyl halides is 2. The van der Waals surface area contributed by atoms with Gasteiger partial charge in [-0.15, -0.1) is 12.4 Å². The molecule has 1 amide bonds. The molecule has 1 aromatic rings. The minimum absolute atomic E-state index is 0. The lowest BCUT2D eigenvalue weighted by Crippen LogP contribution is -2.33. The molecule has 0 unspecified atom stereocenters. The van der Waals surface area contributed by atoms with Gasteiger partial charge in [-0.3, -0.25) is 4.79 Å². The summed E-state index contributed by atoms with van der Waals surface area (Å²) >= 11 is 5.92. The van der Waals surface area contributed by atoms with E-state index in [9.17, 15) is 13.6 Å². The van der Waals surface area contributed by atoms with Gasteiger partial charge >= 0.3 is 6.61 Å². The fraction of sp³-hybridized carbons (Fsp3) is 0.562. The molecule has 0 spiro atoms. The highest BCUT2D eigenvalue weighted by Gasteiger charge is 2.32. The zero-order chi connectivity index (χ0) is 16.4. The molecule has 0 bridgehead atoms. The fourth-order valence-corrected chi connectivity index (χ4v) is 3.63. The lowest BCUT2D eigenvalue weighted by Gasteiger charge is -2.22. The monoisotopic (exact) mass is 380 g/mol. The third-order valence-electron chi connectivity index (χ3n) is 4.69. The van der Waals surface area contributed by atoms with Crippen LogP contribution in [-0.2, 0) is 0 Å². The van der Waals surface area contributed by atoms with Crippen molar-refractivity contribution < 1.29 is 18.3 Å². The van der Waals surface area contributed by atoms with Crippen molar-refractivity contribution in [2.75, 3.05) is 26.2 Å². The van der Waals surface area contributed by atoms with Crippen LogP contribution in [0.25, 0.3) is 0 Å². The molecule has 0 aliphatic carbocycles. The first-order chi connectivity index (χ1) is 11.0. The summed E-state index contributed by atoms with van der Waals surface area (Å²) in [5.74, 6) is 0.754. The number of fused-ring (bicyclic) bond motifs is 1. The summed E-state index contributed by atoms with van der Waals surface area (Å²) in [4.78, 5) is 14.5. The zero-order valence-electron chi connectivity index (χ0n) is 13.0. The van der Waals surface area contributed by atoms with Gasteiger partial charge in [-0.2, -0.15) is 8.78 Å². The Morgan fingerprint density at radius 2 is 1.88 bits per heavy atom. The first kappa shape index (κ1) is 19.2. The number of likely N-dealkylation sites (tertiary alicyclic amines) is 1. The van der Waals surface area contributed by atoms with Crippen molar-refractivity contribution in [1.82, 2.24) is 10.2 Å². The van der Waals surface area contributed by atoms with Crippen molar-refractivity contribution in [2.24, 2.45) is 11.8 Å². The third-order valence-corrected chi connectivity index (χ3v) is 4.93. The number of amides is 1. The number of hydrogen-bond acceptors (Lipinski definition) is 3. The predicted octanol–water partition coefficient (Wildman–Crippen LogP) is 3.43. The number of nitrogens with zero attached hydrogens (tertiary/aromatic N) is 1. The number of benzene rings is 1. The summed E-state index contributed by atoms with van der Waals surface area (Å²) in [5, 5.41) is 3.71. The summed E-state index contributed by atoms with van der Waals surface area (Å²) in [5.41, 5.74) is 0.1000. The number of carbonyl (C=O) groups is 1. The number of carbonyl (C=O) groups excluding carboxylic acids is 1. The van der Waals surface area contributed by atoms with Crippen molar-refractivity contribution >= 4 is 29.9 Å². The van der Waals surface area contributed by atoms with E-state index in [4.69, 9.17) is 11.6 Å². The lowest BCUT2D eigenvalue weighted by molar-refractivity contribution is -0.0502. The number of nitrogens with one attached hydrogen (secondary N) is 1. The first-order valence-electron chi connectivity index (χ1n) is 7.79.